The van der Waals surface area contributed by atoms with Crippen molar-refractivity contribution in [2.75, 3.05) is 0 Å². The lowest BCUT2D eigenvalue weighted by Gasteiger charge is -1.91. The lowest BCUT2D eigenvalue weighted by atomic mass is 10.1. The predicted molar refractivity (Wildman–Crippen MR) is 70.9 cm³/mol. The van der Waals surface area contributed by atoms with Gasteiger partial charge in [0.05, 0.1) is 5.52 Å². The van der Waals surface area contributed by atoms with Gasteiger partial charge in [-0.2, -0.15) is 5.10 Å². The molecule has 0 aliphatic carbocycles. The van der Waals surface area contributed by atoms with Crippen LogP contribution in [0.2, 0.25) is 0 Å². The van der Waals surface area contributed by atoms with Gasteiger partial charge in [-0.25, -0.2) is 5.21 Å². The van der Waals surface area contributed by atoms with Crippen molar-refractivity contribution in [2.24, 2.45) is 5.18 Å². The molecule has 86 valence electrons. The summed E-state index contributed by atoms with van der Waals surface area (Å²) < 4.78 is 0. The van der Waals surface area contributed by atoms with Crippen LogP contribution in [0.1, 0.15) is 0 Å². The third-order valence-electron chi connectivity index (χ3n) is 3.32. The molecule has 3 aromatic carbocycles. The SMILES string of the molecule is O=Nc1c2ccccc2c2cc3n[nH][nH]c3cc12. The van der Waals surface area contributed by atoms with Crippen LogP contribution < -0.4 is 0 Å². The van der Waals surface area contributed by atoms with E-state index in [2.05, 4.69) is 20.6 Å². The van der Waals surface area contributed by atoms with Crippen molar-refractivity contribution < 1.29 is 0 Å². The molecule has 0 amide bonds. The fourth-order valence-electron chi connectivity index (χ4n) is 2.52. The van der Waals surface area contributed by atoms with E-state index in [0.29, 0.717) is 5.69 Å². The van der Waals surface area contributed by atoms with Gasteiger partial charge in [-0.1, -0.05) is 24.3 Å². The molecule has 1 heterocycles. The number of nitrogens with zero attached hydrogens (tertiary/aromatic N) is 2. The summed E-state index contributed by atoms with van der Waals surface area (Å²) in [6, 6.07) is 11.7. The van der Waals surface area contributed by atoms with Crippen LogP contribution in [0.3, 0.4) is 0 Å². The largest absolute Gasteiger partial charge is 0.283 e. The van der Waals surface area contributed by atoms with E-state index in [9.17, 15) is 4.91 Å². The molecule has 0 atom stereocenters. The van der Waals surface area contributed by atoms with Crippen molar-refractivity contribution in [1.82, 2.24) is 15.4 Å². The van der Waals surface area contributed by atoms with Crippen molar-refractivity contribution in [2.45, 2.75) is 0 Å². The number of fused-ring (bicyclic) bond motifs is 4. The topological polar surface area (TPSA) is 73.9 Å². The summed E-state index contributed by atoms with van der Waals surface area (Å²) in [5.74, 6) is 0. The van der Waals surface area contributed by atoms with Crippen LogP contribution in [-0.2, 0) is 0 Å². The third kappa shape index (κ3) is 1.03. The molecule has 0 fully saturated rings. The van der Waals surface area contributed by atoms with Gasteiger partial charge in [0.15, 0.2) is 0 Å². The smallest absolute Gasteiger partial charge is 0.123 e. The zero-order valence-electron chi connectivity index (χ0n) is 9.27. The molecule has 18 heavy (non-hydrogen) atoms. The molecule has 0 bridgehead atoms. The number of hydrogen-bond donors (Lipinski definition) is 2. The minimum atomic E-state index is 0.497. The Labute approximate surface area is 101 Å². The van der Waals surface area contributed by atoms with E-state index in [0.717, 1.165) is 32.6 Å². The van der Waals surface area contributed by atoms with E-state index in [1.54, 1.807) is 0 Å². The normalized spacial score (nSPS) is 11.6. The number of H-pyrrole nitrogens is 2. The Bertz CT molecular complexity index is 903. The second-order valence-electron chi connectivity index (χ2n) is 4.25. The minimum absolute atomic E-state index is 0.497. The first-order chi connectivity index (χ1) is 8.88. The van der Waals surface area contributed by atoms with Crippen LogP contribution >= 0.6 is 0 Å². The number of aromatic nitrogens is 3. The Kier molecular flexibility index (Phi) is 1.64. The monoisotopic (exact) mass is 236 g/mol. The molecule has 0 saturated heterocycles. The summed E-state index contributed by atoms with van der Waals surface area (Å²) >= 11 is 0. The van der Waals surface area contributed by atoms with Crippen molar-refractivity contribution in [3.8, 4) is 0 Å². The van der Waals surface area contributed by atoms with E-state index < -0.39 is 0 Å². The van der Waals surface area contributed by atoms with E-state index >= 15 is 0 Å². The molecule has 0 aliphatic rings. The number of aromatic amines is 2. The Hall–Kier alpha value is -2.69. The molecule has 1 aromatic heterocycles. The van der Waals surface area contributed by atoms with Crippen LogP contribution in [0.15, 0.2) is 41.6 Å². The van der Waals surface area contributed by atoms with Crippen molar-refractivity contribution >= 4 is 38.3 Å². The van der Waals surface area contributed by atoms with Crippen molar-refractivity contribution in [3.05, 3.63) is 41.3 Å². The Balaban J connectivity index is 2.36. The number of benzene rings is 2. The van der Waals surface area contributed by atoms with Crippen molar-refractivity contribution in [3.63, 3.8) is 0 Å². The molecule has 5 heteroatoms. The summed E-state index contributed by atoms with van der Waals surface area (Å²) in [5.41, 5.74) is 2.20. The fourth-order valence-corrected chi connectivity index (χ4v) is 2.52. The number of nitroso groups, excluding NO2 is 1. The molecule has 0 saturated carbocycles. The van der Waals surface area contributed by atoms with Gasteiger partial charge in [-0.15, -0.1) is 4.91 Å². The van der Waals surface area contributed by atoms with E-state index in [-0.39, 0.29) is 0 Å². The first-order valence-electron chi connectivity index (χ1n) is 5.59. The van der Waals surface area contributed by atoms with Crippen LogP contribution in [0, 0.1) is 4.91 Å². The molecule has 5 nitrogen and oxygen atoms in total. The number of rotatable bonds is 1. The lowest BCUT2D eigenvalue weighted by molar-refractivity contribution is 0.959. The Morgan fingerprint density at radius 3 is 2.67 bits per heavy atom. The van der Waals surface area contributed by atoms with Gasteiger partial charge in [-0.3, -0.25) is 5.10 Å². The highest BCUT2D eigenvalue weighted by Gasteiger charge is 2.14. The summed E-state index contributed by atoms with van der Waals surface area (Å²) in [6.07, 6.45) is 0. The molecular weight excluding hydrogens is 228 g/mol. The number of nitrogens with one attached hydrogen (secondary N) is 2. The highest BCUT2D eigenvalue weighted by molar-refractivity contribution is 6.23. The molecule has 4 rings (SSSR count). The average molecular weight is 236 g/mol. The van der Waals surface area contributed by atoms with Gasteiger partial charge < -0.3 is 0 Å². The maximum Gasteiger partial charge on any atom is 0.123 e. The lowest BCUT2D eigenvalue weighted by Crippen LogP contribution is -1.70. The molecular formula is C13H8N4O. The van der Waals surface area contributed by atoms with Gasteiger partial charge in [0, 0.05) is 10.8 Å². The molecule has 0 aliphatic heterocycles. The molecule has 2 N–H and O–H groups in total. The molecule has 0 unspecified atom stereocenters. The predicted octanol–water partition coefficient (Wildman–Crippen LogP) is 3.60. The van der Waals surface area contributed by atoms with Gasteiger partial charge in [0.2, 0.25) is 0 Å². The van der Waals surface area contributed by atoms with Gasteiger partial charge in [-0.05, 0) is 28.1 Å². The summed E-state index contributed by atoms with van der Waals surface area (Å²) in [4.78, 5) is 11.1. The average Bonchev–Trinajstić information content (AvgIpc) is 2.97. The Morgan fingerprint density at radius 1 is 1.00 bits per heavy atom. The van der Waals surface area contributed by atoms with Gasteiger partial charge in [0.25, 0.3) is 0 Å². The molecule has 0 spiro atoms. The van der Waals surface area contributed by atoms with E-state index in [1.165, 1.54) is 0 Å². The van der Waals surface area contributed by atoms with E-state index in [4.69, 9.17) is 0 Å². The van der Waals surface area contributed by atoms with Crippen LogP contribution in [0.4, 0.5) is 5.69 Å². The first-order valence-corrected chi connectivity index (χ1v) is 5.59. The second kappa shape index (κ2) is 3.16. The summed E-state index contributed by atoms with van der Waals surface area (Å²) in [5, 5.41) is 16.7. The highest BCUT2D eigenvalue weighted by Crippen LogP contribution is 2.40. The summed E-state index contributed by atoms with van der Waals surface area (Å²) in [7, 11) is 0. The van der Waals surface area contributed by atoms with Crippen LogP contribution in [0.5, 0.6) is 0 Å². The highest BCUT2D eigenvalue weighted by atomic mass is 16.3. The second-order valence-corrected chi connectivity index (χ2v) is 4.25. The molecule has 0 radical (unpaired) electrons. The molecule has 4 aromatic rings. The fraction of sp³-hybridized carbons (Fsp3) is 0. The zero-order chi connectivity index (χ0) is 12.1. The third-order valence-corrected chi connectivity index (χ3v) is 3.32. The standard InChI is InChI=1S/C13H8N4O/c18-16-13-8-4-2-1-3-7(8)9-5-11-12(6-10(9)13)15-17-14-11/h1-6,15,17H. The quantitative estimate of drug-likeness (QED) is 0.495. The number of hydrogen-bond acceptors (Lipinski definition) is 3. The van der Waals surface area contributed by atoms with E-state index in [1.807, 2.05) is 36.4 Å². The van der Waals surface area contributed by atoms with Gasteiger partial charge >= 0.3 is 0 Å². The van der Waals surface area contributed by atoms with Crippen LogP contribution in [0.25, 0.3) is 32.6 Å². The van der Waals surface area contributed by atoms with Gasteiger partial charge in [0.1, 0.15) is 11.2 Å². The maximum absolute atomic E-state index is 11.1. The Morgan fingerprint density at radius 2 is 1.83 bits per heavy atom. The maximum atomic E-state index is 11.1. The summed E-state index contributed by atoms with van der Waals surface area (Å²) in [6.45, 7) is 0. The first kappa shape index (κ1) is 9.35. The van der Waals surface area contributed by atoms with Crippen LogP contribution in [-0.4, -0.2) is 15.4 Å². The zero-order valence-corrected chi connectivity index (χ0v) is 9.27. The van der Waals surface area contributed by atoms with Crippen molar-refractivity contribution in [1.29, 1.82) is 0 Å². The minimum Gasteiger partial charge on any atom is -0.283 e.